The number of amides is 1. The Kier molecular flexibility index (Phi) is 5.65. The maximum atomic E-state index is 12.4. The van der Waals surface area contributed by atoms with Crippen LogP contribution in [0.5, 0.6) is 0 Å². The van der Waals surface area contributed by atoms with Crippen molar-refractivity contribution >= 4 is 32.5 Å². The molecular formula is C21H18N4O5S. The first-order valence-electron chi connectivity index (χ1n) is 9.29. The molecule has 0 aliphatic carbocycles. The molecule has 2 heterocycles. The number of rotatable bonds is 7. The number of benzene rings is 2. The van der Waals surface area contributed by atoms with Crippen LogP contribution in [0.3, 0.4) is 0 Å². The smallest absolute Gasteiger partial charge is 0.246 e. The van der Waals surface area contributed by atoms with Crippen molar-refractivity contribution < 1.29 is 17.6 Å². The van der Waals surface area contributed by atoms with Crippen molar-refractivity contribution in [1.82, 2.24) is 14.5 Å². The Hall–Kier alpha value is -3.76. The van der Waals surface area contributed by atoms with Gasteiger partial charge in [-0.25, -0.2) is 13.1 Å². The highest BCUT2D eigenvalue weighted by Crippen LogP contribution is 2.15. The zero-order valence-electron chi connectivity index (χ0n) is 16.2. The van der Waals surface area contributed by atoms with E-state index in [-0.39, 0.29) is 29.3 Å². The van der Waals surface area contributed by atoms with E-state index in [1.807, 2.05) is 0 Å². The second kappa shape index (κ2) is 8.54. The van der Waals surface area contributed by atoms with Gasteiger partial charge in [0.15, 0.2) is 0 Å². The number of hydrogen-bond acceptors (Lipinski definition) is 6. The second-order valence-electron chi connectivity index (χ2n) is 6.66. The number of furan rings is 1. The fourth-order valence-corrected chi connectivity index (χ4v) is 4.00. The molecule has 0 fully saturated rings. The van der Waals surface area contributed by atoms with E-state index in [9.17, 15) is 18.0 Å². The first-order chi connectivity index (χ1) is 14.9. The SMILES string of the molecule is O=C(Cn1ncc(=O)c2ccccc21)Nc1ccc(S(=O)(=O)NCc2ccco2)cc1. The molecule has 158 valence electrons. The van der Waals surface area contributed by atoms with E-state index < -0.39 is 10.0 Å². The molecule has 2 aromatic heterocycles. The Morgan fingerprint density at radius 3 is 2.55 bits per heavy atom. The third kappa shape index (κ3) is 4.71. The number of anilines is 1. The van der Waals surface area contributed by atoms with E-state index in [1.54, 1.807) is 36.4 Å². The summed E-state index contributed by atoms with van der Waals surface area (Å²) in [5.41, 5.74) is 0.763. The van der Waals surface area contributed by atoms with Gasteiger partial charge in [0.2, 0.25) is 21.4 Å². The molecular weight excluding hydrogens is 420 g/mol. The van der Waals surface area contributed by atoms with E-state index in [4.69, 9.17) is 4.42 Å². The van der Waals surface area contributed by atoms with Crippen molar-refractivity contribution in [1.29, 1.82) is 0 Å². The largest absolute Gasteiger partial charge is 0.468 e. The molecule has 0 spiro atoms. The minimum atomic E-state index is -3.72. The summed E-state index contributed by atoms with van der Waals surface area (Å²) in [6, 6.07) is 16.0. The van der Waals surface area contributed by atoms with Crippen molar-refractivity contribution in [3.63, 3.8) is 0 Å². The summed E-state index contributed by atoms with van der Waals surface area (Å²) in [6.07, 6.45) is 2.64. The van der Waals surface area contributed by atoms with Crippen molar-refractivity contribution in [3.8, 4) is 0 Å². The van der Waals surface area contributed by atoms with Crippen LogP contribution in [0.25, 0.3) is 10.9 Å². The van der Waals surface area contributed by atoms with E-state index in [0.29, 0.717) is 22.4 Å². The molecule has 4 rings (SSSR count). The standard InChI is InChI=1S/C21H18N4O5S/c26-20-13-22-25(19-6-2-1-5-18(19)20)14-21(27)24-15-7-9-17(10-8-15)31(28,29)23-12-16-4-3-11-30-16/h1-11,13,23H,12,14H2,(H,24,27). The average Bonchev–Trinajstić information content (AvgIpc) is 3.29. The van der Waals surface area contributed by atoms with Crippen molar-refractivity contribution in [3.05, 3.63) is 89.1 Å². The highest BCUT2D eigenvalue weighted by Gasteiger charge is 2.15. The van der Waals surface area contributed by atoms with Gasteiger partial charge in [0.1, 0.15) is 12.3 Å². The molecule has 0 aliphatic rings. The fourth-order valence-electron chi connectivity index (χ4n) is 3.00. The molecule has 0 unspecified atom stereocenters. The van der Waals surface area contributed by atoms with Gasteiger partial charge in [-0.05, 0) is 48.5 Å². The van der Waals surface area contributed by atoms with Crippen LogP contribution < -0.4 is 15.5 Å². The molecule has 0 saturated carbocycles. The van der Waals surface area contributed by atoms with E-state index >= 15 is 0 Å². The molecule has 2 aromatic carbocycles. The first-order valence-corrected chi connectivity index (χ1v) is 10.8. The lowest BCUT2D eigenvalue weighted by atomic mass is 10.2. The lowest BCUT2D eigenvalue weighted by molar-refractivity contribution is -0.116. The quantitative estimate of drug-likeness (QED) is 0.456. The Labute approximate surface area is 177 Å². The molecule has 4 aromatic rings. The Bertz CT molecular complexity index is 1380. The van der Waals surface area contributed by atoms with Gasteiger partial charge < -0.3 is 9.73 Å². The lowest BCUT2D eigenvalue weighted by Gasteiger charge is -2.10. The monoisotopic (exact) mass is 438 g/mol. The maximum absolute atomic E-state index is 12.4. The first kappa shape index (κ1) is 20.5. The van der Waals surface area contributed by atoms with Crippen LogP contribution in [0.1, 0.15) is 5.76 Å². The summed E-state index contributed by atoms with van der Waals surface area (Å²) in [4.78, 5) is 24.4. The molecule has 31 heavy (non-hydrogen) atoms. The highest BCUT2D eigenvalue weighted by molar-refractivity contribution is 7.89. The van der Waals surface area contributed by atoms with Gasteiger partial charge in [0.05, 0.1) is 29.4 Å². The van der Waals surface area contributed by atoms with E-state index in [0.717, 1.165) is 0 Å². The number of hydrogen-bond donors (Lipinski definition) is 2. The van der Waals surface area contributed by atoms with Crippen LogP contribution in [-0.4, -0.2) is 24.1 Å². The van der Waals surface area contributed by atoms with Gasteiger partial charge in [-0.15, -0.1) is 0 Å². The summed E-state index contributed by atoms with van der Waals surface area (Å²) < 4.78 is 33.7. The average molecular weight is 438 g/mol. The summed E-state index contributed by atoms with van der Waals surface area (Å²) >= 11 is 0. The third-order valence-corrected chi connectivity index (χ3v) is 5.94. The van der Waals surface area contributed by atoms with E-state index in [1.165, 1.54) is 41.4 Å². The molecule has 10 heteroatoms. The summed E-state index contributed by atoms with van der Waals surface area (Å²) in [7, 11) is -3.72. The van der Waals surface area contributed by atoms with Crippen LogP contribution in [0.15, 0.2) is 87.2 Å². The number of nitrogens with zero attached hydrogens (tertiary/aromatic N) is 2. The van der Waals surface area contributed by atoms with Gasteiger partial charge in [0.25, 0.3) is 0 Å². The van der Waals surface area contributed by atoms with Crippen LogP contribution in [0.4, 0.5) is 5.69 Å². The zero-order chi connectivity index (χ0) is 21.8. The third-order valence-electron chi connectivity index (χ3n) is 4.52. The molecule has 0 aliphatic heterocycles. The molecule has 9 nitrogen and oxygen atoms in total. The normalized spacial score (nSPS) is 11.5. The highest BCUT2D eigenvalue weighted by atomic mass is 32.2. The Morgan fingerprint density at radius 2 is 1.81 bits per heavy atom. The minimum absolute atomic E-state index is 0.0359. The number of sulfonamides is 1. The number of carbonyl (C=O) groups excluding carboxylic acids is 1. The van der Waals surface area contributed by atoms with Gasteiger partial charge >= 0.3 is 0 Å². The van der Waals surface area contributed by atoms with Crippen LogP contribution in [0.2, 0.25) is 0 Å². The van der Waals surface area contributed by atoms with Gasteiger partial charge in [-0.3, -0.25) is 14.3 Å². The molecule has 1 amide bonds. The Balaban J connectivity index is 1.43. The summed E-state index contributed by atoms with van der Waals surface area (Å²) in [5, 5.41) is 7.19. The van der Waals surface area contributed by atoms with Crippen molar-refractivity contribution in [2.24, 2.45) is 0 Å². The summed E-state index contributed by atoms with van der Waals surface area (Å²) in [5.74, 6) is 0.129. The number of carbonyl (C=O) groups is 1. The number of fused-ring (bicyclic) bond motifs is 1. The topological polar surface area (TPSA) is 123 Å². The molecule has 0 atom stereocenters. The lowest BCUT2D eigenvalue weighted by Crippen LogP contribution is -2.23. The van der Waals surface area contributed by atoms with Gasteiger partial charge in [-0.1, -0.05) is 12.1 Å². The van der Waals surface area contributed by atoms with Crippen LogP contribution in [-0.2, 0) is 27.9 Å². The molecule has 0 saturated heterocycles. The maximum Gasteiger partial charge on any atom is 0.246 e. The van der Waals surface area contributed by atoms with Crippen LogP contribution in [0, 0.1) is 0 Å². The summed E-state index contributed by atoms with van der Waals surface area (Å²) in [6.45, 7) is -0.0697. The Morgan fingerprint density at radius 1 is 1.03 bits per heavy atom. The molecule has 2 N–H and O–H groups in total. The van der Waals surface area contributed by atoms with Gasteiger partial charge in [-0.2, -0.15) is 5.10 Å². The zero-order valence-corrected chi connectivity index (χ0v) is 17.0. The second-order valence-corrected chi connectivity index (χ2v) is 8.43. The number of para-hydroxylation sites is 1. The van der Waals surface area contributed by atoms with Crippen molar-refractivity contribution in [2.45, 2.75) is 18.0 Å². The van der Waals surface area contributed by atoms with Crippen LogP contribution >= 0.6 is 0 Å². The van der Waals surface area contributed by atoms with Gasteiger partial charge in [0, 0.05) is 11.1 Å². The van der Waals surface area contributed by atoms with E-state index in [2.05, 4.69) is 15.1 Å². The molecule has 0 radical (unpaired) electrons. The number of nitrogens with one attached hydrogen (secondary N) is 2. The predicted molar refractivity (Wildman–Crippen MR) is 114 cm³/mol. The molecule has 0 bridgehead atoms. The minimum Gasteiger partial charge on any atom is -0.468 e. The predicted octanol–water partition coefficient (Wildman–Crippen LogP) is 2.11. The number of aromatic nitrogens is 2. The fraction of sp³-hybridized carbons (Fsp3) is 0.0952. The van der Waals surface area contributed by atoms with Crippen molar-refractivity contribution in [2.75, 3.05) is 5.32 Å².